The van der Waals surface area contributed by atoms with Crippen LogP contribution in [0, 0.1) is 0 Å². The standard InChI is InChI=1S/C19H22N4O3/c1-3-10(2)23-18(25)14(17(24)22-19(23)26)16-15-12(8-9-20-16)11-6-4-5-7-13(11)21-15/h4-7,10,16,20-21,25H,3,8-9H2,1-2H3,(H,22,24,26)/t10-,16+/m1/s1. The van der Waals surface area contributed by atoms with Crippen LogP contribution in [0.1, 0.15) is 49.2 Å². The van der Waals surface area contributed by atoms with Gasteiger partial charge in [0.25, 0.3) is 5.56 Å². The molecule has 1 aromatic carbocycles. The lowest BCUT2D eigenvalue weighted by Gasteiger charge is -2.26. The van der Waals surface area contributed by atoms with E-state index in [4.69, 9.17) is 0 Å². The lowest BCUT2D eigenvalue weighted by molar-refractivity contribution is 0.353. The van der Waals surface area contributed by atoms with Crippen LogP contribution in [0.3, 0.4) is 0 Å². The number of rotatable bonds is 3. The van der Waals surface area contributed by atoms with Crippen molar-refractivity contribution in [2.45, 2.75) is 38.8 Å². The molecular weight excluding hydrogens is 332 g/mol. The van der Waals surface area contributed by atoms with Crippen molar-refractivity contribution < 1.29 is 5.11 Å². The van der Waals surface area contributed by atoms with Crippen molar-refractivity contribution in [3.8, 4) is 5.88 Å². The third kappa shape index (κ3) is 2.39. The predicted octanol–water partition coefficient (Wildman–Crippen LogP) is 1.93. The third-order valence-electron chi connectivity index (χ3n) is 5.33. The molecule has 2 aromatic heterocycles. The first kappa shape index (κ1) is 16.7. The van der Waals surface area contributed by atoms with Gasteiger partial charge in [-0.05, 0) is 31.4 Å². The monoisotopic (exact) mass is 354 g/mol. The number of para-hydroxylation sites is 1. The highest BCUT2D eigenvalue weighted by atomic mass is 16.3. The maximum Gasteiger partial charge on any atom is 0.331 e. The fraction of sp³-hybridized carbons (Fsp3) is 0.368. The molecule has 0 saturated carbocycles. The summed E-state index contributed by atoms with van der Waals surface area (Å²) in [7, 11) is 0. The number of aromatic nitrogens is 3. The minimum absolute atomic E-state index is 0.178. The summed E-state index contributed by atoms with van der Waals surface area (Å²) in [6.07, 6.45) is 1.49. The summed E-state index contributed by atoms with van der Waals surface area (Å²) < 4.78 is 1.26. The molecule has 7 nitrogen and oxygen atoms in total. The van der Waals surface area contributed by atoms with Gasteiger partial charge in [-0.2, -0.15) is 0 Å². The van der Waals surface area contributed by atoms with Crippen molar-refractivity contribution in [1.29, 1.82) is 0 Å². The predicted molar refractivity (Wildman–Crippen MR) is 99.8 cm³/mol. The van der Waals surface area contributed by atoms with E-state index < -0.39 is 17.3 Å². The van der Waals surface area contributed by atoms with E-state index in [-0.39, 0.29) is 17.5 Å². The summed E-state index contributed by atoms with van der Waals surface area (Å²) >= 11 is 0. The number of hydrogen-bond acceptors (Lipinski definition) is 4. The quantitative estimate of drug-likeness (QED) is 0.577. The molecule has 26 heavy (non-hydrogen) atoms. The van der Waals surface area contributed by atoms with Gasteiger partial charge in [0.05, 0.1) is 6.04 Å². The third-order valence-corrected chi connectivity index (χ3v) is 5.33. The molecule has 7 heteroatoms. The molecule has 0 unspecified atom stereocenters. The van der Waals surface area contributed by atoms with Crippen LogP contribution < -0.4 is 16.6 Å². The summed E-state index contributed by atoms with van der Waals surface area (Å²) in [4.78, 5) is 30.5. The van der Waals surface area contributed by atoms with Gasteiger partial charge < -0.3 is 15.4 Å². The second kappa shape index (κ2) is 6.17. The summed E-state index contributed by atoms with van der Waals surface area (Å²) in [6, 6.07) is 7.28. The van der Waals surface area contributed by atoms with Gasteiger partial charge in [0.1, 0.15) is 5.56 Å². The SMILES string of the molecule is CC[C@@H](C)n1c(O)c([C@@H]2NCCc3c2[nH]c2ccccc32)c(=O)[nH]c1=O. The molecule has 0 spiro atoms. The van der Waals surface area contributed by atoms with Crippen molar-refractivity contribution in [3.63, 3.8) is 0 Å². The highest BCUT2D eigenvalue weighted by molar-refractivity contribution is 5.85. The van der Waals surface area contributed by atoms with Gasteiger partial charge in [0.2, 0.25) is 5.88 Å². The van der Waals surface area contributed by atoms with Crippen LogP contribution in [0.15, 0.2) is 33.9 Å². The number of nitrogens with one attached hydrogen (secondary N) is 3. The zero-order valence-corrected chi connectivity index (χ0v) is 14.8. The number of fused-ring (bicyclic) bond motifs is 3. The molecule has 1 aliphatic heterocycles. The van der Waals surface area contributed by atoms with Crippen molar-refractivity contribution in [3.05, 3.63) is 61.9 Å². The topological polar surface area (TPSA) is 103 Å². The van der Waals surface area contributed by atoms with Crippen molar-refractivity contribution in [2.24, 2.45) is 0 Å². The molecule has 0 aliphatic carbocycles. The summed E-state index contributed by atoms with van der Waals surface area (Å²) in [5, 5.41) is 15.2. The minimum Gasteiger partial charge on any atom is -0.494 e. The fourth-order valence-electron chi connectivity index (χ4n) is 3.83. The molecule has 4 N–H and O–H groups in total. The second-order valence-corrected chi connectivity index (χ2v) is 6.82. The molecule has 4 rings (SSSR count). The Morgan fingerprint density at radius 3 is 2.81 bits per heavy atom. The number of aromatic amines is 2. The van der Waals surface area contributed by atoms with Crippen molar-refractivity contribution in [2.75, 3.05) is 6.54 Å². The molecule has 1 aliphatic rings. The highest BCUT2D eigenvalue weighted by Crippen LogP contribution is 2.35. The Bertz CT molecular complexity index is 1090. The van der Waals surface area contributed by atoms with Crippen molar-refractivity contribution >= 4 is 10.9 Å². The molecule has 0 radical (unpaired) electrons. The molecule has 136 valence electrons. The molecule has 3 aromatic rings. The lowest BCUT2D eigenvalue weighted by atomic mass is 9.95. The van der Waals surface area contributed by atoms with E-state index in [0.29, 0.717) is 13.0 Å². The molecule has 3 heterocycles. The zero-order valence-electron chi connectivity index (χ0n) is 14.8. The Morgan fingerprint density at radius 1 is 1.27 bits per heavy atom. The van der Waals surface area contributed by atoms with E-state index in [1.165, 1.54) is 4.57 Å². The molecule has 0 fully saturated rings. The molecule has 2 atom stereocenters. The largest absolute Gasteiger partial charge is 0.494 e. The van der Waals surface area contributed by atoms with Crippen LogP contribution in [0.25, 0.3) is 10.9 Å². The van der Waals surface area contributed by atoms with Gasteiger partial charge in [-0.25, -0.2) is 4.79 Å². The first-order valence-electron chi connectivity index (χ1n) is 8.93. The van der Waals surface area contributed by atoms with Crippen LogP contribution in [0.2, 0.25) is 0 Å². The Labute approximate surface area is 149 Å². The normalized spacial score (nSPS) is 18.0. The highest BCUT2D eigenvalue weighted by Gasteiger charge is 2.31. The number of hydrogen-bond donors (Lipinski definition) is 4. The van der Waals surface area contributed by atoms with Gasteiger partial charge >= 0.3 is 5.69 Å². The van der Waals surface area contributed by atoms with Crippen molar-refractivity contribution in [1.82, 2.24) is 19.9 Å². The lowest BCUT2D eigenvalue weighted by Crippen LogP contribution is -2.39. The van der Waals surface area contributed by atoms with Crippen LogP contribution in [0.5, 0.6) is 5.88 Å². The number of aromatic hydroxyl groups is 1. The molecule has 0 amide bonds. The average Bonchev–Trinajstić information content (AvgIpc) is 3.00. The second-order valence-electron chi connectivity index (χ2n) is 6.82. The van der Waals surface area contributed by atoms with E-state index in [2.05, 4.69) is 21.4 Å². The smallest absolute Gasteiger partial charge is 0.331 e. The van der Waals surface area contributed by atoms with E-state index >= 15 is 0 Å². The maximum absolute atomic E-state index is 12.6. The number of H-pyrrole nitrogens is 2. The Morgan fingerprint density at radius 2 is 2.04 bits per heavy atom. The summed E-state index contributed by atoms with van der Waals surface area (Å²) in [5.41, 5.74) is 2.04. The zero-order chi connectivity index (χ0) is 18.4. The molecule has 0 bridgehead atoms. The number of benzene rings is 1. The van der Waals surface area contributed by atoms with Gasteiger partial charge in [-0.3, -0.25) is 14.3 Å². The average molecular weight is 354 g/mol. The summed E-state index contributed by atoms with van der Waals surface area (Å²) in [5.74, 6) is -0.267. The van der Waals surface area contributed by atoms with E-state index in [0.717, 1.165) is 28.6 Å². The first-order valence-corrected chi connectivity index (χ1v) is 8.93. The van der Waals surface area contributed by atoms with Crippen LogP contribution in [-0.2, 0) is 6.42 Å². The Balaban J connectivity index is 1.96. The Kier molecular flexibility index (Phi) is 3.96. The molecular formula is C19H22N4O3. The van der Waals surface area contributed by atoms with Crippen LogP contribution >= 0.6 is 0 Å². The number of nitrogens with zero attached hydrogens (tertiary/aromatic N) is 1. The van der Waals surface area contributed by atoms with Gasteiger partial charge in [0, 0.05) is 29.2 Å². The van der Waals surface area contributed by atoms with Gasteiger partial charge in [-0.1, -0.05) is 25.1 Å². The minimum atomic E-state index is -0.585. The van der Waals surface area contributed by atoms with E-state index in [1.807, 2.05) is 32.0 Å². The van der Waals surface area contributed by atoms with Gasteiger partial charge in [-0.15, -0.1) is 0 Å². The maximum atomic E-state index is 12.6. The molecule has 0 saturated heterocycles. The van der Waals surface area contributed by atoms with E-state index in [1.54, 1.807) is 0 Å². The fourth-order valence-corrected chi connectivity index (χ4v) is 3.83. The summed E-state index contributed by atoms with van der Waals surface area (Å²) in [6.45, 7) is 4.45. The first-order chi connectivity index (χ1) is 12.5. The van der Waals surface area contributed by atoms with Gasteiger partial charge in [0.15, 0.2) is 0 Å². The van der Waals surface area contributed by atoms with Crippen LogP contribution in [0.4, 0.5) is 0 Å². The van der Waals surface area contributed by atoms with Crippen LogP contribution in [-0.4, -0.2) is 26.2 Å². The van der Waals surface area contributed by atoms with E-state index in [9.17, 15) is 14.7 Å². The Hall–Kier alpha value is -2.80.